The predicted octanol–water partition coefficient (Wildman–Crippen LogP) is 3.37. The lowest BCUT2D eigenvalue weighted by molar-refractivity contribution is -0.154. The molecule has 1 aromatic heterocycles. The van der Waals surface area contributed by atoms with Gasteiger partial charge in [0.1, 0.15) is 12.4 Å². The molecule has 0 spiro atoms. The van der Waals surface area contributed by atoms with Crippen LogP contribution < -0.4 is 10.1 Å². The Morgan fingerprint density at radius 3 is 3.04 bits per heavy atom. The van der Waals surface area contributed by atoms with E-state index >= 15 is 0 Å². The third-order valence-electron chi connectivity index (χ3n) is 3.96. The van der Waals surface area contributed by atoms with E-state index in [-0.39, 0.29) is 25.2 Å². The number of halogens is 1. The molecule has 2 atom stereocenters. The second kappa shape index (κ2) is 7.89. The highest BCUT2D eigenvalue weighted by atomic mass is 35.5. The van der Waals surface area contributed by atoms with Gasteiger partial charge < -0.3 is 14.8 Å². The zero-order chi connectivity index (χ0) is 17.8. The van der Waals surface area contributed by atoms with Crippen molar-refractivity contribution in [3.8, 4) is 5.75 Å². The van der Waals surface area contributed by atoms with Gasteiger partial charge in [0.2, 0.25) is 0 Å². The fourth-order valence-electron chi connectivity index (χ4n) is 2.66. The predicted molar refractivity (Wildman–Crippen MR) is 96.0 cm³/mol. The van der Waals surface area contributed by atoms with Gasteiger partial charge in [0.05, 0.1) is 12.0 Å². The summed E-state index contributed by atoms with van der Waals surface area (Å²) in [5.74, 6) is -0.469. The molecular formula is C18H18ClNO4S. The van der Waals surface area contributed by atoms with Gasteiger partial charge in [-0.1, -0.05) is 17.7 Å². The average molecular weight is 380 g/mol. The molecule has 0 bridgehead atoms. The minimum absolute atomic E-state index is 0.113. The van der Waals surface area contributed by atoms with E-state index in [0.29, 0.717) is 11.4 Å². The van der Waals surface area contributed by atoms with Gasteiger partial charge in [0.25, 0.3) is 5.91 Å². The number of carbonyl (C=O) groups excluding carboxylic acids is 2. The van der Waals surface area contributed by atoms with Crippen molar-refractivity contribution in [2.45, 2.75) is 19.4 Å². The molecule has 0 saturated carbocycles. The molecule has 2 heterocycles. The average Bonchev–Trinajstić information content (AvgIpc) is 3.13. The van der Waals surface area contributed by atoms with Crippen LogP contribution >= 0.6 is 22.9 Å². The summed E-state index contributed by atoms with van der Waals surface area (Å²) in [5.41, 5.74) is 0.872. The number of ether oxygens (including phenoxy) is 2. The number of nitrogens with one attached hydrogen (secondary N) is 1. The number of amides is 1. The molecule has 1 amide bonds. The third kappa shape index (κ3) is 4.52. The molecule has 1 aliphatic heterocycles. The molecule has 25 heavy (non-hydrogen) atoms. The number of benzene rings is 1. The van der Waals surface area contributed by atoms with Crippen LogP contribution in [0.1, 0.15) is 23.4 Å². The minimum atomic E-state index is -0.440. The SMILES string of the molecule is C[C@@H](NC(=O)COC(=O)[C@H]1COc2ccc(Cl)cc2C1)c1cccs1. The molecule has 7 heteroatoms. The monoisotopic (exact) mass is 379 g/mol. The van der Waals surface area contributed by atoms with Crippen LogP contribution in [-0.2, 0) is 20.7 Å². The Kier molecular flexibility index (Phi) is 5.60. The molecule has 5 nitrogen and oxygen atoms in total. The molecule has 3 rings (SSSR count). The molecule has 0 aliphatic carbocycles. The van der Waals surface area contributed by atoms with Crippen molar-refractivity contribution in [3.63, 3.8) is 0 Å². The number of hydrogen-bond acceptors (Lipinski definition) is 5. The fraction of sp³-hybridized carbons (Fsp3) is 0.333. The maximum absolute atomic E-state index is 12.2. The Labute approximate surface area is 154 Å². The Balaban J connectivity index is 1.49. The molecule has 0 unspecified atom stereocenters. The number of fused-ring (bicyclic) bond motifs is 1. The highest BCUT2D eigenvalue weighted by Crippen LogP contribution is 2.30. The van der Waals surface area contributed by atoms with E-state index in [9.17, 15) is 9.59 Å². The highest BCUT2D eigenvalue weighted by molar-refractivity contribution is 7.10. The Morgan fingerprint density at radius 2 is 2.28 bits per heavy atom. The van der Waals surface area contributed by atoms with Crippen LogP contribution in [0.3, 0.4) is 0 Å². The van der Waals surface area contributed by atoms with Crippen molar-refractivity contribution < 1.29 is 19.1 Å². The number of carbonyl (C=O) groups is 2. The largest absolute Gasteiger partial charge is 0.492 e. The summed E-state index contributed by atoms with van der Waals surface area (Å²) >= 11 is 7.54. The molecule has 0 radical (unpaired) electrons. The summed E-state index contributed by atoms with van der Waals surface area (Å²) in [7, 11) is 0. The first-order valence-corrected chi connectivity index (χ1v) is 9.19. The van der Waals surface area contributed by atoms with Gasteiger partial charge in [-0.15, -0.1) is 11.3 Å². The van der Waals surface area contributed by atoms with E-state index in [1.807, 2.05) is 24.4 Å². The first-order chi connectivity index (χ1) is 12.0. The lowest BCUT2D eigenvalue weighted by Crippen LogP contribution is -2.34. The van der Waals surface area contributed by atoms with Crippen molar-refractivity contribution in [1.82, 2.24) is 5.32 Å². The zero-order valence-electron chi connectivity index (χ0n) is 13.7. The van der Waals surface area contributed by atoms with E-state index < -0.39 is 11.9 Å². The summed E-state index contributed by atoms with van der Waals surface area (Å²) < 4.78 is 10.7. The van der Waals surface area contributed by atoms with Crippen LogP contribution in [0.15, 0.2) is 35.7 Å². The molecule has 132 valence electrons. The van der Waals surface area contributed by atoms with Crippen molar-refractivity contribution in [1.29, 1.82) is 0 Å². The van der Waals surface area contributed by atoms with Gasteiger partial charge in [0.15, 0.2) is 6.61 Å². The molecule has 0 saturated heterocycles. The highest BCUT2D eigenvalue weighted by Gasteiger charge is 2.28. The summed E-state index contributed by atoms with van der Waals surface area (Å²) in [6.07, 6.45) is 0.488. The lowest BCUT2D eigenvalue weighted by atomic mass is 9.97. The standard InChI is InChI=1S/C18H18ClNO4S/c1-11(16-3-2-6-25-16)20-17(21)10-24-18(22)13-7-12-8-14(19)4-5-15(12)23-9-13/h2-6,8,11,13H,7,9-10H2,1H3,(H,20,21)/t11-,13-/m1/s1. The van der Waals surface area contributed by atoms with Crippen molar-refractivity contribution in [3.05, 3.63) is 51.2 Å². The van der Waals surface area contributed by atoms with Crippen molar-refractivity contribution in [2.24, 2.45) is 5.92 Å². The number of esters is 1. The summed E-state index contributed by atoms with van der Waals surface area (Å²) in [6.45, 7) is 1.83. The van der Waals surface area contributed by atoms with E-state index in [2.05, 4.69) is 5.32 Å². The second-order valence-corrected chi connectivity index (χ2v) is 7.29. The smallest absolute Gasteiger partial charge is 0.313 e. The van der Waals surface area contributed by atoms with Gasteiger partial charge >= 0.3 is 5.97 Å². The fourth-order valence-corrected chi connectivity index (χ4v) is 3.59. The topological polar surface area (TPSA) is 64.6 Å². The summed E-state index contributed by atoms with van der Waals surface area (Å²) in [4.78, 5) is 25.2. The van der Waals surface area contributed by atoms with Crippen LogP contribution in [-0.4, -0.2) is 25.1 Å². The third-order valence-corrected chi connectivity index (χ3v) is 5.25. The molecule has 0 fully saturated rings. The molecule has 1 aliphatic rings. The first-order valence-electron chi connectivity index (χ1n) is 7.93. The van der Waals surface area contributed by atoms with E-state index in [1.165, 1.54) is 0 Å². The Hall–Kier alpha value is -2.05. The van der Waals surface area contributed by atoms with E-state index in [1.54, 1.807) is 29.5 Å². The molecule has 2 aromatic rings. The van der Waals surface area contributed by atoms with Crippen LogP contribution in [0.5, 0.6) is 5.75 Å². The first kappa shape index (κ1) is 17.8. The van der Waals surface area contributed by atoms with E-state index in [4.69, 9.17) is 21.1 Å². The van der Waals surface area contributed by atoms with Crippen LogP contribution in [0.4, 0.5) is 0 Å². The zero-order valence-corrected chi connectivity index (χ0v) is 15.2. The van der Waals surface area contributed by atoms with Gasteiger partial charge in [-0.2, -0.15) is 0 Å². The van der Waals surface area contributed by atoms with Crippen molar-refractivity contribution >= 4 is 34.8 Å². The van der Waals surface area contributed by atoms with Crippen LogP contribution in [0.2, 0.25) is 5.02 Å². The lowest BCUT2D eigenvalue weighted by Gasteiger charge is -2.24. The summed E-state index contributed by atoms with van der Waals surface area (Å²) in [6, 6.07) is 9.08. The number of rotatable bonds is 5. The quantitative estimate of drug-likeness (QED) is 0.809. The van der Waals surface area contributed by atoms with Crippen LogP contribution in [0, 0.1) is 5.92 Å². The number of thiophene rings is 1. The van der Waals surface area contributed by atoms with Gasteiger partial charge in [-0.05, 0) is 48.6 Å². The Bertz CT molecular complexity index is 762. The molecular weight excluding hydrogens is 362 g/mol. The number of hydrogen-bond donors (Lipinski definition) is 1. The maximum Gasteiger partial charge on any atom is 0.313 e. The van der Waals surface area contributed by atoms with Gasteiger partial charge in [0, 0.05) is 9.90 Å². The molecule has 1 aromatic carbocycles. The maximum atomic E-state index is 12.2. The normalized spacial score (nSPS) is 17.1. The van der Waals surface area contributed by atoms with E-state index in [0.717, 1.165) is 16.2 Å². The van der Waals surface area contributed by atoms with Crippen molar-refractivity contribution in [2.75, 3.05) is 13.2 Å². The Morgan fingerprint density at radius 1 is 1.44 bits per heavy atom. The second-order valence-electron chi connectivity index (χ2n) is 5.88. The van der Waals surface area contributed by atoms with Crippen LogP contribution in [0.25, 0.3) is 0 Å². The summed E-state index contributed by atoms with van der Waals surface area (Å²) in [5, 5.41) is 5.35. The molecule has 1 N–H and O–H groups in total. The minimum Gasteiger partial charge on any atom is -0.492 e. The van der Waals surface area contributed by atoms with Gasteiger partial charge in [-0.25, -0.2) is 0 Å². The van der Waals surface area contributed by atoms with Gasteiger partial charge in [-0.3, -0.25) is 9.59 Å².